The lowest BCUT2D eigenvalue weighted by Gasteiger charge is -2.22. The van der Waals surface area contributed by atoms with Crippen LogP contribution in [0.3, 0.4) is 0 Å². The molecule has 4 heteroatoms. The Kier molecular flexibility index (Phi) is 5.08. The highest BCUT2D eigenvalue weighted by Gasteiger charge is 2.32. The lowest BCUT2D eigenvalue weighted by molar-refractivity contribution is -0.148. The summed E-state index contributed by atoms with van der Waals surface area (Å²) in [6.07, 6.45) is 5.13. The van der Waals surface area contributed by atoms with Crippen LogP contribution in [0.15, 0.2) is 60.7 Å². The van der Waals surface area contributed by atoms with E-state index in [1.165, 1.54) is 0 Å². The summed E-state index contributed by atoms with van der Waals surface area (Å²) in [5.74, 6) is 1.84. The molecule has 2 aromatic rings. The molecule has 0 heterocycles. The van der Waals surface area contributed by atoms with E-state index in [1.54, 1.807) is 38.1 Å². The SMILES string of the molecule is C#CC(C)(C)OC(=O)CP(=O)(c1ccccc1)c1ccccc1. The van der Waals surface area contributed by atoms with Crippen LogP contribution in [-0.2, 0) is 14.1 Å². The first-order valence-corrected chi connectivity index (χ1v) is 9.16. The fourth-order valence-electron chi connectivity index (χ4n) is 2.20. The fourth-order valence-corrected chi connectivity index (χ4v) is 4.60. The molecule has 118 valence electrons. The van der Waals surface area contributed by atoms with E-state index in [1.807, 2.05) is 36.4 Å². The average molecular weight is 326 g/mol. The third kappa shape index (κ3) is 4.12. The van der Waals surface area contributed by atoms with Crippen LogP contribution in [-0.4, -0.2) is 17.7 Å². The van der Waals surface area contributed by atoms with E-state index >= 15 is 0 Å². The van der Waals surface area contributed by atoms with E-state index in [-0.39, 0.29) is 6.16 Å². The molecule has 0 unspecified atom stereocenters. The summed E-state index contributed by atoms with van der Waals surface area (Å²) in [7, 11) is -3.12. The Labute approximate surface area is 137 Å². The van der Waals surface area contributed by atoms with Crippen LogP contribution in [0.4, 0.5) is 0 Å². The number of rotatable bonds is 5. The van der Waals surface area contributed by atoms with Gasteiger partial charge in [-0.1, -0.05) is 66.6 Å². The minimum atomic E-state index is -3.12. The molecule has 0 radical (unpaired) electrons. The molecule has 2 rings (SSSR count). The van der Waals surface area contributed by atoms with Gasteiger partial charge >= 0.3 is 5.97 Å². The Morgan fingerprint density at radius 1 is 1.04 bits per heavy atom. The second kappa shape index (κ2) is 6.86. The standard InChI is InChI=1S/C19H19O3P/c1-4-19(2,3)22-18(20)15-23(21,16-11-7-5-8-12-16)17-13-9-6-10-14-17/h1,5-14H,15H2,2-3H3. The molecule has 0 atom stereocenters. The Morgan fingerprint density at radius 2 is 1.48 bits per heavy atom. The molecule has 0 fully saturated rings. The second-order valence-electron chi connectivity index (χ2n) is 5.70. The van der Waals surface area contributed by atoms with Crippen molar-refractivity contribution in [3.8, 4) is 12.3 Å². The topological polar surface area (TPSA) is 43.4 Å². The third-order valence-electron chi connectivity index (χ3n) is 3.41. The van der Waals surface area contributed by atoms with E-state index < -0.39 is 18.7 Å². The van der Waals surface area contributed by atoms with Gasteiger partial charge in [-0.25, -0.2) is 0 Å². The predicted molar refractivity (Wildman–Crippen MR) is 93.6 cm³/mol. The molecule has 0 bridgehead atoms. The highest BCUT2D eigenvalue weighted by atomic mass is 31.2. The lowest BCUT2D eigenvalue weighted by atomic mass is 10.1. The first-order valence-electron chi connectivity index (χ1n) is 7.27. The Balaban J connectivity index is 2.39. The van der Waals surface area contributed by atoms with Gasteiger partial charge in [0.25, 0.3) is 0 Å². The number of hydrogen-bond donors (Lipinski definition) is 0. The fraction of sp³-hybridized carbons (Fsp3) is 0.211. The predicted octanol–water partition coefficient (Wildman–Crippen LogP) is 2.96. The summed E-state index contributed by atoms with van der Waals surface area (Å²) >= 11 is 0. The number of carbonyl (C=O) groups is 1. The summed E-state index contributed by atoms with van der Waals surface area (Å²) in [5.41, 5.74) is -1.02. The molecule has 0 saturated heterocycles. The summed E-state index contributed by atoms with van der Waals surface area (Å²) < 4.78 is 18.9. The molecule has 0 saturated carbocycles. The van der Waals surface area contributed by atoms with Crippen LogP contribution in [0.1, 0.15) is 13.8 Å². The maximum atomic E-state index is 13.6. The van der Waals surface area contributed by atoms with Gasteiger partial charge in [-0.15, -0.1) is 6.42 Å². The lowest BCUT2D eigenvalue weighted by Crippen LogP contribution is -2.30. The van der Waals surface area contributed by atoms with Crippen molar-refractivity contribution in [3.05, 3.63) is 60.7 Å². The zero-order valence-electron chi connectivity index (χ0n) is 13.2. The Bertz CT molecular complexity index is 715. The van der Waals surface area contributed by atoms with E-state index in [4.69, 9.17) is 11.2 Å². The smallest absolute Gasteiger partial charge is 0.315 e. The molecular formula is C19H19O3P. The number of ether oxygens (including phenoxy) is 1. The van der Waals surface area contributed by atoms with E-state index in [0.717, 1.165) is 0 Å². The van der Waals surface area contributed by atoms with Gasteiger partial charge < -0.3 is 9.30 Å². The van der Waals surface area contributed by atoms with E-state index in [9.17, 15) is 9.36 Å². The minimum absolute atomic E-state index is 0.216. The van der Waals surface area contributed by atoms with Crippen LogP contribution in [0.2, 0.25) is 0 Å². The average Bonchev–Trinajstić information content (AvgIpc) is 2.56. The van der Waals surface area contributed by atoms with Crippen LogP contribution >= 0.6 is 7.14 Å². The molecule has 2 aromatic carbocycles. The molecule has 3 nitrogen and oxygen atoms in total. The molecule has 0 aliphatic heterocycles. The van der Waals surface area contributed by atoms with E-state index in [2.05, 4.69) is 5.92 Å². The number of hydrogen-bond acceptors (Lipinski definition) is 3. The van der Waals surface area contributed by atoms with Crippen molar-refractivity contribution >= 4 is 23.7 Å². The number of esters is 1. The Morgan fingerprint density at radius 3 is 1.87 bits per heavy atom. The van der Waals surface area contributed by atoms with Gasteiger partial charge in [0.1, 0.15) is 6.16 Å². The van der Waals surface area contributed by atoms with Gasteiger partial charge in [-0.3, -0.25) is 4.79 Å². The van der Waals surface area contributed by atoms with E-state index in [0.29, 0.717) is 10.6 Å². The minimum Gasteiger partial charge on any atom is -0.446 e. The largest absolute Gasteiger partial charge is 0.446 e. The summed E-state index contributed by atoms with van der Waals surface area (Å²) in [5, 5.41) is 1.25. The van der Waals surface area contributed by atoms with Crippen molar-refractivity contribution in [2.45, 2.75) is 19.4 Å². The summed E-state index contributed by atoms with van der Waals surface area (Å²) in [4.78, 5) is 12.3. The maximum Gasteiger partial charge on any atom is 0.315 e. The maximum absolute atomic E-state index is 13.6. The van der Waals surface area contributed by atoms with Gasteiger partial charge in [-0.05, 0) is 13.8 Å². The van der Waals surface area contributed by atoms with Gasteiger partial charge in [-0.2, -0.15) is 0 Å². The summed E-state index contributed by atoms with van der Waals surface area (Å²) in [6.45, 7) is 3.25. The van der Waals surface area contributed by atoms with Crippen molar-refractivity contribution in [2.24, 2.45) is 0 Å². The molecule has 0 aliphatic rings. The quantitative estimate of drug-likeness (QED) is 0.482. The molecule has 0 amide bonds. The Hall–Kier alpha value is -2.30. The molecule has 23 heavy (non-hydrogen) atoms. The van der Waals surface area contributed by atoms with Crippen molar-refractivity contribution in [1.29, 1.82) is 0 Å². The zero-order chi connectivity index (χ0) is 16.9. The van der Waals surface area contributed by atoms with Gasteiger partial charge in [0.05, 0.1) is 0 Å². The first kappa shape index (κ1) is 17.1. The zero-order valence-corrected chi connectivity index (χ0v) is 14.1. The molecule has 0 spiro atoms. The number of benzene rings is 2. The van der Waals surface area contributed by atoms with Gasteiger partial charge in [0.15, 0.2) is 12.7 Å². The number of carbonyl (C=O) groups excluding carboxylic acids is 1. The molecule has 0 aliphatic carbocycles. The molecule has 0 aromatic heterocycles. The third-order valence-corrected chi connectivity index (χ3v) is 6.38. The normalized spacial score (nSPS) is 11.5. The van der Waals surface area contributed by atoms with Gasteiger partial charge in [0.2, 0.25) is 0 Å². The van der Waals surface area contributed by atoms with Crippen molar-refractivity contribution < 1.29 is 14.1 Å². The van der Waals surface area contributed by atoms with Crippen LogP contribution in [0.25, 0.3) is 0 Å². The highest BCUT2D eigenvalue weighted by Crippen LogP contribution is 2.43. The van der Waals surface area contributed by atoms with Crippen LogP contribution < -0.4 is 10.6 Å². The van der Waals surface area contributed by atoms with Crippen molar-refractivity contribution in [2.75, 3.05) is 6.16 Å². The second-order valence-corrected chi connectivity index (χ2v) is 8.53. The number of terminal acetylenes is 1. The monoisotopic (exact) mass is 326 g/mol. The molecule has 0 N–H and O–H groups in total. The van der Waals surface area contributed by atoms with Crippen LogP contribution in [0.5, 0.6) is 0 Å². The first-order chi connectivity index (χ1) is 10.9. The van der Waals surface area contributed by atoms with Crippen molar-refractivity contribution in [3.63, 3.8) is 0 Å². The highest BCUT2D eigenvalue weighted by molar-refractivity contribution is 7.79. The van der Waals surface area contributed by atoms with Gasteiger partial charge in [0, 0.05) is 10.6 Å². The van der Waals surface area contributed by atoms with Crippen LogP contribution in [0, 0.1) is 12.3 Å². The molecular weight excluding hydrogens is 307 g/mol. The van der Waals surface area contributed by atoms with Crippen molar-refractivity contribution in [1.82, 2.24) is 0 Å². The summed E-state index contributed by atoms with van der Waals surface area (Å²) in [6, 6.07) is 18.0.